The minimum absolute atomic E-state index is 0.181. The van der Waals surface area contributed by atoms with Gasteiger partial charge in [-0.3, -0.25) is 13.9 Å². The molecule has 1 N–H and O–H groups in total. The lowest BCUT2D eigenvalue weighted by Crippen LogP contribution is -2.53. The number of carbonyl (C=O) groups is 2. The van der Waals surface area contributed by atoms with E-state index in [2.05, 4.69) is 5.32 Å². The number of benzene rings is 3. The van der Waals surface area contributed by atoms with Crippen molar-refractivity contribution in [2.24, 2.45) is 0 Å². The first-order valence-corrected chi connectivity index (χ1v) is 15.8. The number of unbranched alkanes of at least 4 members (excludes halogenated alkanes) is 1. The molecule has 0 fully saturated rings. The molecule has 9 heteroatoms. The number of rotatable bonds is 14. The molecule has 3 aromatic rings. The molecular formula is C32H40FN3O4S. The Morgan fingerprint density at radius 2 is 1.56 bits per heavy atom. The fourth-order valence-corrected chi connectivity index (χ4v) is 5.36. The third kappa shape index (κ3) is 9.14. The minimum atomic E-state index is -3.87. The second-order valence-corrected chi connectivity index (χ2v) is 12.4. The first kappa shape index (κ1) is 31.8. The summed E-state index contributed by atoms with van der Waals surface area (Å²) >= 11 is 0. The fourth-order valence-electron chi connectivity index (χ4n) is 4.51. The predicted molar refractivity (Wildman–Crippen MR) is 162 cm³/mol. The van der Waals surface area contributed by atoms with Gasteiger partial charge in [-0.15, -0.1) is 0 Å². The Hall–Kier alpha value is -3.72. The highest BCUT2D eigenvalue weighted by molar-refractivity contribution is 7.92. The van der Waals surface area contributed by atoms with Crippen LogP contribution in [0.25, 0.3) is 0 Å². The van der Waals surface area contributed by atoms with Gasteiger partial charge in [0.05, 0.1) is 11.9 Å². The van der Waals surface area contributed by atoms with Crippen molar-refractivity contribution in [3.8, 4) is 0 Å². The molecule has 0 aliphatic rings. The number of nitrogens with zero attached hydrogens (tertiary/aromatic N) is 2. The highest BCUT2D eigenvalue weighted by Gasteiger charge is 2.33. The molecule has 0 saturated heterocycles. The van der Waals surface area contributed by atoms with Crippen molar-refractivity contribution in [2.75, 3.05) is 23.7 Å². The van der Waals surface area contributed by atoms with Crippen LogP contribution < -0.4 is 9.62 Å². The maximum atomic E-state index is 14.8. The Bertz CT molecular complexity index is 1400. The third-order valence-corrected chi connectivity index (χ3v) is 8.07. The summed E-state index contributed by atoms with van der Waals surface area (Å²) < 4.78 is 41.7. The SMILES string of the molecule is CCCCNC(=O)C(Cc1ccccc1)N(Cc1ccccc1F)C(=O)CN(c1ccc(C(C)C)cc1)S(C)(=O)=O. The summed E-state index contributed by atoms with van der Waals surface area (Å²) in [5.74, 6) is -1.25. The molecule has 2 amide bonds. The number of amides is 2. The van der Waals surface area contributed by atoms with Gasteiger partial charge in [0.1, 0.15) is 18.4 Å². The number of sulfonamides is 1. The number of nitrogens with one attached hydrogen (secondary N) is 1. The van der Waals surface area contributed by atoms with Crippen molar-refractivity contribution < 1.29 is 22.4 Å². The van der Waals surface area contributed by atoms with Crippen LogP contribution in [0.2, 0.25) is 0 Å². The normalized spacial score (nSPS) is 12.1. The molecule has 7 nitrogen and oxygen atoms in total. The summed E-state index contributed by atoms with van der Waals surface area (Å²) in [5, 5.41) is 2.91. The van der Waals surface area contributed by atoms with Gasteiger partial charge < -0.3 is 10.2 Å². The van der Waals surface area contributed by atoms with E-state index >= 15 is 0 Å². The summed E-state index contributed by atoms with van der Waals surface area (Å²) in [4.78, 5) is 28.9. The van der Waals surface area contributed by atoms with Gasteiger partial charge in [0.2, 0.25) is 21.8 Å². The number of hydrogen-bond acceptors (Lipinski definition) is 4. The summed E-state index contributed by atoms with van der Waals surface area (Å²) in [6.07, 6.45) is 2.86. The number of hydrogen-bond donors (Lipinski definition) is 1. The second kappa shape index (κ2) is 14.8. The number of anilines is 1. The molecule has 0 bridgehead atoms. The van der Waals surface area contributed by atoms with E-state index in [0.717, 1.165) is 34.5 Å². The summed E-state index contributed by atoms with van der Waals surface area (Å²) in [7, 11) is -3.87. The van der Waals surface area contributed by atoms with Crippen LogP contribution in [0.3, 0.4) is 0 Å². The van der Waals surface area contributed by atoms with Crippen LogP contribution in [0.15, 0.2) is 78.9 Å². The largest absolute Gasteiger partial charge is 0.354 e. The molecule has 1 unspecified atom stereocenters. The Morgan fingerprint density at radius 1 is 0.927 bits per heavy atom. The zero-order chi connectivity index (χ0) is 30.0. The van der Waals surface area contributed by atoms with Gasteiger partial charge in [0.25, 0.3) is 0 Å². The van der Waals surface area contributed by atoms with Gasteiger partial charge in [-0.05, 0) is 41.7 Å². The van der Waals surface area contributed by atoms with Crippen molar-refractivity contribution in [1.29, 1.82) is 0 Å². The fraction of sp³-hybridized carbons (Fsp3) is 0.375. The molecule has 0 aliphatic heterocycles. The number of halogens is 1. The quantitative estimate of drug-likeness (QED) is 0.263. The summed E-state index contributed by atoms with van der Waals surface area (Å²) in [5.41, 5.74) is 2.41. The molecule has 1 atom stereocenters. The van der Waals surface area contributed by atoms with Crippen LogP contribution in [0.1, 0.15) is 56.2 Å². The zero-order valence-corrected chi connectivity index (χ0v) is 25.0. The Labute approximate surface area is 243 Å². The molecule has 41 heavy (non-hydrogen) atoms. The molecule has 0 aliphatic carbocycles. The first-order valence-electron chi connectivity index (χ1n) is 13.9. The highest BCUT2D eigenvalue weighted by atomic mass is 32.2. The molecule has 0 heterocycles. The van der Waals surface area contributed by atoms with Gasteiger partial charge in [-0.25, -0.2) is 12.8 Å². The van der Waals surface area contributed by atoms with Crippen LogP contribution in [0, 0.1) is 5.82 Å². The second-order valence-electron chi connectivity index (χ2n) is 10.5. The van der Waals surface area contributed by atoms with Crippen molar-refractivity contribution in [3.05, 3.63) is 101 Å². The Balaban J connectivity index is 2.03. The van der Waals surface area contributed by atoms with Crippen molar-refractivity contribution >= 4 is 27.5 Å². The molecule has 220 valence electrons. The monoisotopic (exact) mass is 581 g/mol. The van der Waals surface area contributed by atoms with E-state index in [0.29, 0.717) is 12.2 Å². The Morgan fingerprint density at radius 3 is 2.15 bits per heavy atom. The number of carbonyl (C=O) groups excluding carboxylic acids is 2. The average molecular weight is 582 g/mol. The smallest absolute Gasteiger partial charge is 0.244 e. The lowest BCUT2D eigenvalue weighted by Gasteiger charge is -2.33. The topological polar surface area (TPSA) is 86.8 Å². The predicted octanol–water partition coefficient (Wildman–Crippen LogP) is 5.27. The van der Waals surface area contributed by atoms with Crippen LogP contribution >= 0.6 is 0 Å². The van der Waals surface area contributed by atoms with Crippen molar-refractivity contribution in [1.82, 2.24) is 10.2 Å². The lowest BCUT2D eigenvalue weighted by molar-refractivity contribution is -0.140. The molecule has 0 aromatic heterocycles. The summed E-state index contributed by atoms with van der Waals surface area (Å²) in [6.45, 7) is 5.77. The van der Waals surface area contributed by atoms with Gasteiger partial charge in [-0.2, -0.15) is 0 Å². The lowest BCUT2D eigenvalue weighted by atomic mass is 10.0. The van der Waals surface area contributed by atoms with Crippen LogP contribution in [-0.2, 0) is 32.6 Å². The van der Waals surface area contributed by atoms with Crippen LogP contribution in [0.4, 0.5) is 10.1 Å². The molecule has 0 radical (unpaired) electrons. The minimum Gasteiger partial charge on any atom is -0.354 e. The molecule has 0 spiro atoms. The maximum Gasteiger partial charge on any atom is 0.244 e. The van der Waals surface area contributed by atoms with Gasteiger partial charge in [0.15, 0.2) is 0 Å². The van der Waals surface area contributed by atoms with Crippen molar-refractivity contribution in [3.63, 3.8) is 0 Å². The van der Waals surface area contributed by atoms with E-state index in [-0.39, 0.29) is 30.4 Å². The van der Waals surface area contributed by atoms with Gasteiger partial charge >= 0.3 is 0 Å². The van der Waals surface area contributed by atoms with E-state index in [9.17, 15) is 22.4 Å². The third-order valence-electron chi connectivity index (χ3n) is 6.93. The first-order chi connectivity index (χ1) is 19.5. The highest BCUT2D eigenvalue weighted by Crippen LogP contribution is 2.23. The van der Waals surface area contributed by atoms with E-state index in [1.165, 1.54) is 11.0 Å². The average Bonchev–Trinajstić information content (AvgIpc) is 2.94. The van der Waals surface area contributed by atoms with Crippen LogP contribution in [-0.4, -0.2) is 50.5 Å². The molecule has 0 saturated carbocycles. The molecular weight excluding hydrogens is 541 g/mol. The van der Waals surface area contributed by atoms with Gasteiger partial charge in [0, 0.05) is 25.1 Å². The van der Waals surface area contributed by atoms with Crippen molar-refractivity contribution in [2.45, 2.75) is 58.5 Å². The van der Waals surface area contributed by atoms with E-state index in [1.807, 2.05) is 63.2 Å². The van der Waals surface area contributed by atoms with E-state index < -0.39 is 34.3 Å². The summed E-state index contributed by atoms with van der Waals surface area (Å²) in [6, 6.07) is 21.3. The zero-order valence-electron chi connectivity index (χ0n) is 24.2. The standard InChI is InChI=1S/C32H40FN3O4S/c1-5-6-20-34-32(38)30(21-25-12-8-7-9-13-25)35(22-27-14-10-11-15-29(27)33)31(37)23-36(41(4,39)40)28-18-16-26(17-19-28)24(2)3/h7-19,24,30H,5-6,20-23H2,1-4H3,(H,34,38). The molecule has 3 rings (SSSR count). The van der Waals surface area contributed by atoms with Crippen LogP contribution in [0.5, 0.6) is 0 Å². The van der Waals surface area contributed by atoms with E-state index in [1.54, 1.807) is 30.3 Å². The van der Waals surface area contributed by atoms with E-state index in [4.69, 9.17) is 0 Å². The van der Waals surface area contributed by atoms with Gasteiger partial charge in [-0.1, -0.05) is 87.9 Å². The Kier molecular flexibility index (Phi) is 11.5. The molecule has 3 aromatic carbocycles. The maximum absolute atomic E-state index is 14.8.